The van der Waals surface area contributed by atoms with Crippen LogP contribution in [0, 0.1) is 0 Å². The lowest BCUT2D eigenvalue weighted by atomic mass is 10.2. The second-order valence-electron chi connectivity index (χ2n) is 2.13. The molecule has 0 amide bonds. The lowest BCUT2D eigenvalue weighted by Crippen LogP contribution is -1.81. The van der Waals surface area contributed by atoms with Crippen LogP contribution < -0.4 is 4.74 Å². The first kappa shape index (κ1) is 7.64. The van der Waals surface area contributed by atoms with Crippen molar-refractivity contribution in [3.8, 4) is 5.75 Å². The summed E-state index contributed by atoms with van der Waals surface area (Å²) < 4.78 is 5.03. The molecule has 0 unspecified atom stereocenters. The molecule has 1 heteroatoms. The normalized spacial score (nSPS) is 8.45. The number of hydrogen-bond donors (Lipinski definition) is 0. The van der Waals surface area contributed by atoms with E-state index in [1.807, 2.05) is 30.3 Å². The number of ether oxygens (including phenoxy) is 1. The summed E-state index contributed by atoms with van der Waals surface area (Å²) in [6, 6.07) is 7.74. The zero-order valence-electron chi connectivity index (χ0n) is 6.50. The van der Waals surface area contributed by atoms with Gasteiger partial charge in [-0.25, -0.2) is 0 Å². The smallest absolute Gasteiger partial charge is 0.119 e. The highest BCUT2D eigenvalue weighted by Crippen LogP contribution is 2.12. The minimum atomic E-state index is 0.856. The van der Waals surface area contributed by atoms with Gasteiger partial charge in [-0.2, -0.15) is 0 Å². The molecule has 1 nitrogen and oxygen atoms in total. The van der Waals surface area contributed by atoms with Crippen molar-refractivity contribution in [2.75, 3.05) is 7.11 Å². The number of hydrogen-bond acceptors (Lipinski definition) is 1. The van der Waals surface area contributed by atoms with Gasteiger partial charge in [-0.15, -0.1) is 5.73 Å². The standard InChI is InChI=1S/C10H10O/c1-3-5-9-6-4-7-10(8-9)11-2/h4-8H,1H2,2H3. The van der Waals surface area contributed by atoms with Crippen molar-refractivity contribution < 1.29 is 4.74 Å². The highest BCUT2D eigenvalue weighted by molar-refractivity contribution is 5.50. The molecule has 0 aliphatic carbocycles. The maximum Gasteiger partial charge on any atom is 0.119 e. The first-order valence-corrected chi connectivity index (χ1v) is 3.36. The Balaban J connectivity index is 3.00. The van der Waals surface area contributed by atoms with Crippen LogP contribution in [0.5, 0.6) is 5.75 Å². The molecular weight excluding hydrogens is 136 g/mol. The van der Waals surface area contributed by atoms with E-state index in [1.54, 1.807) is 7.11 Å². The molecular formula is C10H10O. The van der Waals surface area contributed by atoms with Crippen molar-refractivity contribution in [2.24, 2.45) is 0 Å². The Bertz CT molecular complexity index is 283. The van der Waals surface area contributed by atoms with E-state index in [2.05, 4.69) is 12.3 Å². The average molecular weight is 146 g/mol. The number of rotatable bonds is 2. The number of methoxy groups -OCH3 is 1. The Kier molecular flexibility index (Phi) is 2.53. The van der Waals surface area contributed by atoms with Gasteiger partial charge in [0.2, 0.25) is 0 Å². The Morgan fingerprint density at radius 1 is 1.55 bits per heavy atom. The maximum atomic E-state index is 5.03. The summed E-state index contributed by atoms with van der Waals surface area (Å²) >= 11 is 0. The molecule has 11 heavy (non-hydrogen) atoms. The largest absolute Gasteiger partial charge is 0.497 e. The van der Waals surface area contributed by atoms with Crippen molar-refractivity contribution in [1.82, 2.24) is 0 Å². The molecule has 0 N–H and O–H groups in total. The predicted octanol–water partition coefficient (Wildman–Crippen LogP) is 2.49. The lowest BCUT2D eigenvalue weighted by molar-refractivity contribution is 0.414. The third-order valence-corrected chi connectivity index (χ3v) is 1.36. The fourth-order valence-corrected chi connectivity index (χ4v) is 0.849. The van der Waals surface area contributed by atoms with Gasteiger partial charge in [-0.1, -0.05) is 18.7 Å². The molecule has 0 fully saturated rings. The average Bonchev–Trinajstić information content (AvgIpc) is 2.06. The topological polar surface area (TPSA) is 9.23 Å². The van der Waals surface area contributed by atoms with Gasteiger partial charge >= 0.3 is 0 Å². The minimum Gasteiger partial charge on any atom is -0.497 e. The third kappa shape index (κ3) is 1.99. The lowest BCUT2D eigenvalue weighted by Gasteiger charge is -1.98. The van der Waals surface area contributed by atoms with Gasteiger partial charge in [-0.3, -0.25) is 0 Å². The van der Waals surface area contributed by atoms with E-state index in [4.69, 9.17) is 4.74 Å². The summed E-state index contributed by atoms with van der Waals surface area (Å²) in [4.78, 5) is 0. The van der Waals surface area contributed by atoms with Crippen molar-refractivity contribution in [1.29, 1.82) is 0 Å². The number of benzene rings is 1. The molecule has 0 spiro atoms. The summed E-state index contributed by atoms with van der Waals surface area (Å²) in [5.41, 5.74) is 3.76. The van der Waals surface area contributed by atoms with E-state index in [0.717, 1.165) is 11.3 Å². The van der Waals surface area contributed by atoms with Crippen LogP contribution >= 0.6 is 0 Å². The molecule has 0 radical (unpaired) electrons. The zero-order valence-corrected chi connectivity index (χ0v) is 6.50. The molecule has 1 aromatic carbocycles. The van der Waals surface area contributed by atoms with Gasteiger partial charge in [-0.05, 0) is 23.8 Å². The summed E-state index contributed by atoms with van der Waals surface area (Å²) in [6.45, 7) is 3.49. The second kappa shape index (κ2) is 3.65. The summed E-state index contributed by atoms with van der Waals surface area (Å²) in [6.07, 6.45) is 1.81. The van der Waals surface area contributed by atoms with Gasteiger partial charge in [0.05, 0.1) is 7.11 Å². The van der Waals surface area contributed by atoms with E-state index in [1.165, 1.54) is 0 Å². The fraction of sp³-hybridized carbons (Fsp3) is 0.100. The van der Waals surface area contributed by atoms with Crippen LogP contribution in [0.25, 0.3) is 6.08 Å². The zero-order chi connectivity index (χ0) is 8.10. The molecule has 0 saturated carbocycles. The van der Waals surface area contributed by atoms with E-state index >= 15 is 0 Å². The predicted molar refractivity (Wildman–Crippen MR) is 46.6 cm³/mol. The first-order valence-electron chi connectivity index (χ1n) is 3.36. The fourth-order valence-electron chi connectivity index (χ4n) is 0.849. The van der Waals surface area contributed by atoms with Crippen LogP contribution in [0.1, 0.15) is 5.56 Å². The summed E-state index contributed by atoms with van der Waals surface area (Å²) in [5.74, 6) is 0.856. The molecule has 1 aromatic rings. The first-order chi connectivity index (χ1) is 5.36. The molecule has 0 saturated heterocycles. The Morgan fingerprint density at radius 3 is 3.00 bits per heavy atom. The second-order valence-corrected chi connectivity index (χ2v) is 2.13. The summed E-state index contributed by atoms with van der Waals surface area (Å²) in [5, 5.41) is 0. The van der Waals surface area contributed by atoms with Gasteiger partial charge in [0.25, 0.3) is 0 Å². The van der Waals surface area contributed by atoms with Gasteiger partial charge in [0.15, 0.2) is 0 Å². The monoisotopic (exact) mass is 146 g/mol. The van der Waals surface area contributed by atoms with Crippen molar-refractivity contribution in [3.63, 3.8) is 0 Å². The van der Waals surface area contributed by atoms with Gasteiger partial charge < -0.3 is 4.74 Å². The molecule has 0 aromatic heterocycles. The van der Waals surface area contributed by atoms with Crippen molar-refractivity contribution >= 4 is 6.08 Å². The van der Waals surface area contributed by atoms with Crippen molar-refractivity contribution in [2.45, 2.75) is 0 Å². The van der Waals surface area contributed by atoms with E-state index in [-0.39, 0.29) is 0 Å². The van der Waals surface area contributed by atoms with Crippen molar-refractivity contribution in [3.05, 3.63) is 42.1 Å². The quantitative estimate of drug-likeness (QED) is 0.582. The Morgan fingerprint density at radius 2 is 2.36 bits per heavy atom. The Labute approximate surface area is 66.6 Å². The van der Waals surface area contributed by atoms with E-state index in [9.17, 15) is 0 Å². The summed E-state index contributed by atoms with van der Waals surface area (Å²) in [7, 11) is 1.65. The van der Waals surface area contributed by atoms with Crippen LogP contribution in [-0.4, -0.2) is 7.11 Å². The van der Waals surface area contributed by atoms with Crippen LogP contribution in [0.3, 0.4) is 0 Å². The van der Waals surface area contributed by atoms with Crippen LogP contribution in [-0.2, 0) is 0 Å². The molecule has 0 atom stereocenters. The molecule has 0 aliphatic heterocycles. The highest BCUT2D eigenvalue weighted by atomic mass is 16.5. The van der Waals surface area contributed by atoms with E-state index in [0.29, 0.717) is 0 Å². The Hall–Kier alpha value is -1.46. The SMILES string of the molecule is C=C=Cc1cccc(OC)c1. The van der Waals surface area contributed by atoms with Crippen LogP contribution in [0.2, 0.25) is 0 Å². The molecule has 0 bridgehead atoms. The van der Waals surface area contributed by atoms with E-state index < -0.39 is 0 Å². The molecule has 1 rings (SSSR count). The molecule has 0 heterocycles. The highest BCUT2D eigenvalue weighted by Gasteiger charge is 1.89. The molecule has 56 valence electrons. The minimum absolute atomic E-state index is 0.856. The van der Waals surface area contributed by atoms with Crippen LogP contribution in [0.4, 0.5) is 0 Å². The van der Waals surface area contributed by atoms with Gasteiger partial charge in [0.1, 0.15) is 5.75 Å². The van der Waals surface area contributed by atoms with Gasteiger partial charge in [0, 0.05) is 0 Å². The maximum absolute atomic E-state index is 5.03. The third-order valence-electron chi connectivity index (χ3n) is 1.36. The van der Waals surface area contributed by atoms with Crippen LogP contribution in [0.15, 0.2) is 36.6 Å². The molecule has 0 aliphatic rings.